The van der Waals surface area contributed by atoms with E-state index < -0.39 is 55.4 Å². The SMILES string of the molecule is C/C=C\C(O)(CC)C(=O)[C@@H]1CCCN1C(C)(CC)S(=O)(=O)c1cc(O)c(O)c2c1CN(Cc1ccc(F)c(Cl)c1)C2=O. The minimum absolute atomic E-state index is 0.0178. The first-order valence-electron chi connectivity index (χ1n) is 13.9. The summed E-state index contributed by atoms with van der Waals surface area (Å²) in [4.78, 5) is 27.9. The molecular formula is C30H36ClFN2O7S. The predicted molar refractivity (Wildman–Crippen MR) is 155 cm³/mol. The van der Waals surface area contributed by atoms with Gasteiger partial charge in [-0.25, -0.2) is 12.8 Å². The van der Waals surface area contributed by atoms with E-state index in [4.69, 9.17) is 11.6 Å². The van der Waals surface area contributed by atoms with Crippen LogP contribution in [0.3, 0.4) is 0 Å². The molecule has 1 fully saturated rings. The molecule has 4 rings (SSSR count). The molecule has 9 nitrogen and oxygen atoms in total. The Bertz CT molecular complexity index is 1560. The lowest BCUT2D eigenvalue weighted by molar-refractivity contribution is -0.139. The Morgan fingerprint density at radius 2 is 1.90 bits per heavy atom. The molecule has 2 aromatic carbocycles. The van der Waals surface area contributed by atoms with E-state index in [-0.39, 0.29) is 53.5 Å². The second kappa shape index (κ2) is 11.6. The number of benzene rings is 2. The van der Waals surface area contributed by atoms with Crippen LogP contribution in [0.2, 0.25) is 5.02 Å². The second-order valence-electron chi connectivity index (χ2n) is 11.0. The number of nitrogens with zero attached hydrogens (tertiary/aromatic N) is 2. The Hall–Kier alpha value is -2.99. The number of carbonyl (C=O) groups is 2. The summed E-state index contributed by atoms with van der Waals surface area (Å²) in [6.07, 6.45) is 4.06. The quantitative estimate of drug-likeness (QED) is 0.256. The third kappa shape index (κ3) is 5.10. The fraction of sp³-hybridized carbons (Fsp3) is 0.467. The number of hydrogen-bond acceptors (Lipinski definition) is 8. The van der Waals surface area contributed by atoms with E-state index in [0.29, 0.717) is 18.4 Å². The van der Waals surface area contributed by atoms with Gasteiger partial charge in [0.25, 0.3) is 5.91 Å². The molecule has 12 heteroatoms. The molecule has 0 radical (unpaired) electrons. The number of aromatic hydroxyl groups is 2. The fourth-order valence-electron chi connectivity index (χ4n) is 6.04. The Morgan fingerprint density at radius 3 is 2.50 bits per heavy atom. The van der Waals surface area contributed by atoms with Crippen molar-refractivity contribution < 1.29 is 37.7 Å². The van der Waals surface area contributed by atoms with Gasteiger partial charge in [0.15, 0.2) is 27.1 Å². The highest BCUT2D eigenvalue weighted by atomic mass is 35.5. The zero-order valence-electron chi connectivity index (χ0n) is 24.0. The van der Waals surface area contributed by atoms with E-state index >= 15 is 0 Å². The lowest BCUT2D eigenvalue weighted by atomic mass is 9.88. The van der Waals surface area contributed by atoms with Crippen LogP contribution in [0.4, 0.5) is 4.39 Å². The molecule has 2 aromatic rings. The number of halogens is 2. The van der Waals surface area contributed by atoms with Crippen molar-refractivity contribution in [3.05, 3.63) is 63.9 Å². The number of likely N-dealkylation sites (tertiary alicyclic amines) is 1. The molecular weight excluding hydrogens is 587 g/mol. The van der Waals surface area contributed by atoms with Crippen molar-refractivity contribution >= 4 is 33.1 Å². The lowest BCUT2D eigenvalue weighted by Crippen LogP contribution is -2.59. The number of ketones is 1. The molecule has 0 bridgehead atoms. The zero-order valence-corrected chi connectivity index (χ0v) is 25.6. The Balaban J connectivity index is 1.78. The largest absolute Gasteiger partial charge is 0.504 e. The van der Waals surface area contributed by atoms with Crippen molar-refractivity contribution in [1.82, 2.24) is 9.80 Å². The normalized spacial score (nSPS) is 20.6. The Kier molecular flexibility index (Phi) is 8.82. The molecule has 42 heavy (non-hydrogen) atoms. The molecule has 0 aromatic heterocycles. The van der Waals surface area contributed by atoms with E-state index in [2.05, 4.69) is 0 Å². The fourth-order valence-corrected chi connectivity index (χ4v) is 8.38. The van der Waals surface area contributed by atoms with Gasteiger partial charge in [-0.2, -0.15) is 0 Å². The molecule has 1 amide bonds. The van der Waals surface area contributed by atoms with Crippen molar-refractivity contribution in [3.63, 3.8) is 0 Å². The molecule has 2 unspecified atom stereocenters. The summed E-state index contributed by atoms with van der Waals surface area (Å²) < 4.78 is 42.8. The summed E-state index contributed by atoms with van der Waals surface area (Å²) in [7, 11) is -4.41. The molecule has 2 aliphatic heterocycles. The maximum Gasteiger partial charge on any atom is 0.258 e. The summed E-state index contributed by atoms with van der Waals surface area (Å²) in [6.45, 7) is 6.56. The number of allylic oxidation sites excluding steroid dienone is 1. The number of rotatable bonds is 10. The zero-order chi connectivity index (χ0) is 31.2. The summed E-state index contributed by atoms with van der Waals surface area (Å²) in [6, 6.07) is 4.01. The molecule has 0 saturated carbocycles. The summed E-state index contributed by atoms with van der Waals surface area (Å²) in [5, 5.41) is 32.2. The molecule has 0 aliphatic carbocycles. The predicted octanol–water partition coefficient (Wildman–Crippen LogP) is 4.70. The molecule has 2 heterocycles. The number of phenolic OH excluding ortho intramolecular Hbond substituents is 2. The first kappa shape index (κ1) is 31.9. The summed E-state index contributed by atoms with van der Waals surface area (Å²) in [5.74, 6) is -3.34. The summed E-state index contributed by atoms with van der Waals surface area (Å²) >= 11 is 5.89. The van der Waals surface area contributed by atoms with Crippen LogP contribution in [-0.2, 0) is 27.7 Å². The van der Waals surface area contributed by atoms with Crippen LogP contribution in [0, 0.1) is 5.82 Å². The van der Waals surface area contributed by atoms with Crippen molar-refractivity contribution in [1.29, 1.82) is 0 Å². The van der Waals surface area contributed by atoms with Gasteiger partial charge in [0.2, 0.25) is 0 Å². The van der Waals surface area contributed by atoms with Crippen LogP contribution in [-0.4, -0.2) is 68.3 Å². The standard InChI is InChI=1S/C30H36ClFN2O7S/c1-5-12-30(39,7-3)27(37)22-9-8-13-34(22)29(4,6-2)42(40,41)24-15-23(35)26(36)25-19(24)17-33(28(25)38)16-18-10-11-21(32)20(31)14-18/h5,10-12,14-15,22,35-36,39H,6-9,13,16-17H2,1-4H3/b12-5-/t22-,29?,30?/m0/s1. The van der Waals surface area contributed by atoms with Gasteiger partial charge >= 0.3 is 0 Å². The van der Waals surface area contributed by atoms with Crippen LogP contribution >= 0.6 is 11.6 Å². The number of aliphatic hydroxyl groups is 1. The summed E-state index contributed by atoms with van der Waals surface area (Å²) in [5.41, 5.74) is -1.58. The first-order chi connectivity index (χ1) is 19.7. The van der Waals surface area contributed by atoms with Crippen molar-refractivity contribution in [2.45, 2.75) is 87.9 Å². The highest BCUT2D eigenvalue weighted by Crippen LogP contribution is 2.46. The van der Waals surface area contributed by atoms with Gasteiger partial charge in [-0.3, -0.25) is 14.5 Å². The second-order valence-corrected chi connectivity index (χ2v) is 13.8. The van der Waals surface area contributed by atoms with Crippen molar-refractivity contribution in [2.24, 2.45) is 0 Å². The average molecular weight is 623 g/mol. The minimum atomic E-state index is -4.41. The number of fused-ring (bicyclic) bond motifs is 1. The van der Waals surface area contributed by atoms with E-state index in [0.717, 1.165) is 12.1 Å². The van der Waals surface area contributed by atoms with E-state index in [1.807, 2.05) is 0 Å². The molecule has 3 N–H and O–H groups in total. The van der Waals surface area contributed by atoms with Gasteiger partial charge in [-0.1, -0.05) is 37.6 Å². The van der Waals surface area contributed by atoms with Crippen LogP contribution in [0.5, 0.6) is 11.5 Å². The molecule has 0 spiro atoms. The number of hydrogen-bond donors (Lipinski definition) is 3. The number of amides is 1. The van der Waals surface area contributed by atoms with Crippen LogP contribution in [0.25, 0.3) is 0 Å². The van der Waals surface area contributed by atoms with Gasteiger partial charge in [0.1, 0.15) is 16.3 Å². The Labute approximate surface area is 250 Å². The molecule has 3 atom stereocenters. The van der Waals surface area contributed by atoms with Gasteiger partial charge in [-0.05, 0) is 63.3 Å². The highest BCUT2D eigenvalue weighted by Gasteiger charge is 2.53. The van der Waals surface area contributed by atoms with E-state index in [1.54, 1.807) is 31.7 Å². The highest BCUT2D eigenvalue weighted by molar-refractivity contribution is 7.92. The van der Waals surface area contributed by atoms with Gasteiger partial charge < -0.3 is 20.2 Å². The van der Waals surface area contributed by atoms with E-state index in [9.17, 15) is 37.7 Å². The topological polar surface area (TPSA) is 135 Å². The van der Waals surface area contributed by atoms with E-state index in [1.165, 1.54) is 30.0 Å². The third-order valence-corrected chi connectivity index (χ3v) is 11.6. The van der Waals surface area contributed by atoms with Crippen molar-refractivity contribution in [3.8, 4) is 11.5 Å². The Morgan fingerprint density at radius 1 is 1.21 bits per heavy atom. The third-order valence-electron chi connectivity index (χ3n) is 8.65. The number of carbonyl (C=O) groups excluding carboxylic acids is 2. The molecule has 228 valence electrons. The minimum Gasteiger partial charge on any atom is -0.504 e. The smallest absolute Gasteiger partial charge is 0.258 e. The van der Waals surface area contributed by atoms with Gasteiger partial charge in [0, 0.05) is 31.3 Å². The van der Waals surface area contributed by atoms with Crippen LogP contribution < -0.4 is 0 Å². The van der Waals surface area contributed by atoms with Crippen LogP contribution in [0.1, 0.15) is 74.9 Å². The number of sulfone groups is 1. The molecule has 2 aliphatic rings. The van der Waals surface area contributed by atoms with Gasteiger partial charge in [-0.15, -0.1) is 0 Å². The van der Waals surface area contributed by atoms with Gasteiger partial charge in [0.05, 0.1) is 21.5 Å². The maximum absolute atomic E-state index is 14.6. The van der Waals surface area contributed by atoms with Crippen LogP contribution in [0.15, 0.2) is 41.3 Å². The monoisotopic (exact) mass is 622 g/mol. The van der Waals surface area contributed by atoms with Crippen molar-refractivity contribution in [2.75, 3.05) is 6.54 Å². The first-order valence-corrected chi connectivity index (χ1v) is 15.8. The maximum atomic E-state index is 14.6. The molecule has 1 saturated heterocycles. The average Bonchev–Trinajstić information content (AvgIpc) is 3.57. The number of phenols is 2. The lowest BCUT2D eigenvalue weighted by Gasteiger charge is -2.42. The number of Topliss-reactive ketones (excluding diaryl/α,β-unsaturated/α-hetero) is 1.